The van der Waals surface area contributed by atoms with Crippen LogP contribution in [-0.4, -0.2) is 30.5 Å². The molecule has 1 aromatic carbocycles. The third kappa shape index (κ3) is 3.82. The number of carbonyl (C=O) groups excluding carboxylic acids is 1. The maximum Gasteiger partial charge on any atom is 0.336 e. The van der Waals surface area contributed by atoms with E-state index in [0.717, 1.165) is 0 Å². The Hall–Kier alpha value is -1.68. The summed E-state index contributed by atoms with van der Waals surface area (Å²) in [5.74, 6) is -1.08. The molecule has 16 heavy (non-hydrogen) atoms. The number of rotatable bonds is 2. The number of carboxylic acid groups (broad SMARTS) is 1. The van der Waals surface area contributed by atoms with E-state index < -0.39 is 5.97 Å². The average molecular weight is 221 g/mol. The monoisotopic (exact) mass is 221 g/mol. The second-order valence-electron chi connectivity index (χ2n) is 3.47. The number of carbonyl (C=O) groups is 2. The van der Waals surface area contributed by atoms with Gasteiger partial charge in [0.05, 0.1) is 5.56 Å². The van der Waals surface area contributed by atoms with Crippen molar-refractivity contribution in [2.45, 2.75) is 12.8 Å². The smallest absolute Gasteiger partial charge is 0.336 e. The van der Waals surface area contributed by atoms with Crippen LogP contribution in [0.25, 0.3) is 0 Å². The quantitative estimate of drug-likeness (QED) is 0.744. The Balaban J connectivity index is 0.000000212. The van der Waals surface area contributed by atoms with Gasteiger partial charge in [0.2, 0.25) is 0 Å². The Kier molecular flexibility index (Phi) is 5.22. The summed E-state index contributed by atoms with van der Waals surface area (Å²) in [5, 5.41) is 11.8. The summed E-state index contributed by atoms with van der Waals surface area (Å²) in [6.45, 7) is 2.50. The number of hydrogen-bond acceptors (Lipinski definition) is 3. The predicted octanol–water partition coefficient (Wildman–Crippen LogP) is 1.57. The van der Waals surface area contributed by atoms with Crippen molar-refractivity contribution in [3.05, 3.63) is 35.4 Å². The summed E-state index contributed by atoms with van der Waals surface area (Å²) < 4.78 is 0. The fourth-order valence-corrected chi connectivity index (χ4v) is 1.42. The molecule has 0 unspecified atom stereocenters. The van der Waals surface area contributed by atoms with E-state index in [4.69, 9.17) is 5.11 Å². The van der Waals surface area contributed by atoms with Crippen LogP contribution in [0.15, 0.2) is 24.3 Å². The Morgan fingerprint density at radius 3 is 2.25 bits per heavy atom. The van der Waals surface area contributed by atoms with Crippen LogP contribution in [0.1, 0.15) is 33.6 Å². The molecule has 1 heterocycles. The zero-order valence-corrected chi connectivity index (χ0v) is 8.98. The first-order chi connectivity index (χ1) is 7.75. The van der Waals surface area contributed by atoms with Gasteiger partial charge in [0.1, 0.15) is 0 Å². The zero-order chi connectivity index (χ0) is 11.8. The van der Waals surface area contributed by atoms with Gasteiger partial charge in [-0.05, 0) is 32.0 Å². The van der Waals surface area contributed by atoms with E-state index in [-0.39, 0.29) is 11.1 Å². The third-order valence-corrected chi connectivity index (χ3v) is 2.28. The SMILES string of the molecule is C1CCNC1.O=Cc1ccccc1C(=O)O. The number of aromatic carboxylic acids is 1. The molecule has 2 rings (SSSR count). The summed E-state index contributed by atoms with van der Waals surface area (Å²) in [6, 6.07) is 6.06. The van der Waals surface area contributed by atoms with Gasteiger partial charge in [0, 0.05) is 5.56 Å². The minimum absolute atomic E-state index is 0.0440. The van der Waals surface area contributed by atoms with Crippen LogP contribution >= 0.6 is 0 Å². The van der Waals surface area contributed by atoms with Crippen LogP contribution < -0.4 is 5.32 Å². The van der Waals surface area contributed by atoms with E-state index in [0.29, 0.717) is 6.29 Å². The van der Waals surface area contributed by atoms with Crippen LogP contribution in [-0.2, 0) is 0 Å². The first kappa shape index (κ1) is 12.4. The molecule has 1 aliphatic rings. The Morgan fingerprint density at radius 1 is 1.25 bits per heavy atom. The lowest BCUT2D eigenvalue weighted by Gasteiger charge is -1.95. The van der Waals surface area contributed by atoms with Crippen LogP contribution in [0.4, 0.5) is 0 Å². The van der Waals surface area contributed by atoms with Crippen LogP contribution in [0.5, 0.6) is 0 Å². The van der Waals surface area contributed by atoms with E-state index in [2.05, 4.69) is 5.32 Å². The molecule has 0 spiro atoms. The first-order valence-electron chi connectivity index (χ1n) is 5.24. The van der Waals surface area contributed by atoms with Gasteiger partial charge in [0.25, 0.3) is 0 Å². The summed E-state index contributed by atoms with van der Waals surface area (Å²) in [6.07, 6.45) is 3.31. The number of nitrogens with one attached hydrogen (secondary N) is 1. The summed E-state index contributed by atoms with van der Waals surface area (Å²) in [7, 11) is 0. The van der Waals surface area contributed by atoms with Crippen molar-refractivity contribution in [1.29, 1.82) is 0 Å². The maximum atomic E-state index is 10.4. The molecule has 2 N–H and O–H groups in total. The molecule has 0 saturated carbocycles. The lowest BCUT2D eigenvalue weighted by atomic mass is 10.1. The number of aldehydes is 1. The molecule has 0 atom stereocenters. The van der Waals surface area contributed by atoms with E-state index in [9.17, 15) is 9.59 Å². The highest BCUT2D eigenvalue weighted by molar-refractivity contribution is 5.96. The molecule has 1 fully saturated rings. The molecular weight excluding hydrogens is 206 g/mol. The van der Waals surface area contributed by atoms with Crippen molar-refractivity contribution < 1.29 is 14.7 Å². The van der Waals surface area contributed by atoms with Crippen LogP contribution in [0.3, 0.4) is 0 Å². The molecule has 4 heteroatoms. The lowest BCUT2D eigenvalue weighted by molar-refractivity contribution is 0.0694. The van der Waals surface area contributed by atoms with Gasteiger partial charge < -0.3 is 10.4 Å². The molecule has 1 aliphatic heterocycles. The average Bonchev–Trinajstić information content (AvgIpc) is 2.87. The van der Waals surface area contributed by atoms with E-state index in [1.54, 1.807) is 12.1 Å². The number of hydrogen-bond donors (Lipinski definition) is 2. The summed E-state index contributed by atoms with van der Waals surface area (Å²) >= 11 is 0. The van der Waals surface area contributed by atoms with E-state index in [1.807, 2.05) is 0 Å². The van der Waals surface area contributed by atoms with Crippen molar-refractivity contribution in [3.8, 4) is 0 Å². The Bertz CT molecular complexity index is 351. The zero-order valence-electron chi connectivity index (χ0n) is 8.98. The second kappa shape index (κ2) is 6.74. The number of benzene rings is 1. The Labute approximate surface area is 94.3 Å². The lowest BCUT2D eigenvalue weighted by Crippen LogP contribution is -2.03. The summed E-state index contributed by atoms with van der Waals surface area (Å²) in [4.78, 5) is 20.7. The van der Waals surface area contributed by atoms with Gasteiger partial charge in [-0.3, -0.25) is 4.79 Å². The summed E-state index contributed by atoms with van der Waals surface area (Å²) in [5.41, 5.74) is 0.252. The topological polar surface area (TPSA) is 66.4 Å². The van der Waals surface area contributed by atoms with Gasteiger partial charge in [0.15, 0.2) is 6.29 Å². The van der Waals surface area contributed by atoms with Crippen molar-refractivity contribution in [3.63, 3.8) is 0 Å². The fraction of sp³-hybridized carbons (Fsp3) is 0.333. The van der Waals surface area contributed by atoms with Crippen molar-refractivity contribution in [2.75, 3.05) is 13.1 Å². The molecule has 0 aliphatic carbocycles. The maximum absolute atomic E-state index is 10.4. The second-order valence-corrected chi connectivity index (χ2v) is 3.47. The largest absolute Gasteiger partial charge is 0.478 e. The van der Waals surface area contributed by atoms with Crippen molar-refractivity contribution in [2.24, 2.45) is 0 Å². The molecule has 0 amide bonds. The molecular formula is C12H15NO3. The van der Waals surface area contributed by atoms with Crippen LogP contribution in [0.2, 0.25) is 0 Å². The highest BCUT2D eigenvalue weighted by Crippen LogP contribution is 2.04. The van der Waals surface area contributed by atoms with E-state index >= 15 is 0 Å². The normalized spacial score (nSPS) is 13.8. The van der Waals surface area contributed by atoms with Crippen molar-refractivity contribution >= 4 is 12.3 Å². The van der Waals surface area contributed by atoms with E-state index in [1.165, 1.54) is 38.1 Å². The molecule has 1 saturated heterocycles. The molecule has 1 aromatic rings. The molecule has 0 bridgehead atoms. The van der Waals surface area contributed by atoms with Gasteiger partial charge in [-0.1, -0.05) is 18.2 Å². The van der Waals surface area contributed by atoms with Gasteiger partial charge >= 0.3 is 5.97 Å². The third-order valence-electron chi connectivity index (χ3n) is 2.28. The Morgan fingerprint density at radius 2 is 1.88 bits per heavy atom. The molecule has 4 nitrogen and oxygen atoms in total. The number of carboxylic acids is 1. The molecule has 0 radical (unpaired) electrons. The van der Waals surface area contributed by atoms with Gasteiger partial charge in [-0.2, -0.15) is 0 Å². The first-order valence-corrected chi connectivity index (χ1v) is 5.24. The van der Waals surface area contributed by atoms with Crippen molar-refractivity contribution in [1.82, 2.24) is 5.32 Å². The minimum atomic E-state index is -1.08. The minimum Gasteiger partial charge on any atom is -0.478 e. The predicted molar refractivity (Wildman–Crippen MR) is 60.9 cm³/mol. The highest BCUT2D eigenvalue weighted by Gasteiger charge is 2.06. The molecule has 0 aromatic heterocycles. The highest BCUT2D eigenvalue weighted by atomic mass is 16.4. The van der Waals surface area contributed by atoms with Gasteiger partial charge in [-0.25, -0.2) is 4.79 Å². The fourth-order valence-electron chi connectivity index (χ4n) is 1.42. The van der Waals surface area contributed by atoms with Gasteiger partial charge in [-0.15, -0.1) is 0 Å². The molecule has 86 valence electrons. The standard InChI is InChI=1S/C8H6O3.C4H9N/c9-5-6-3-1-2-4-7(6)8(10)11;1-2-4-5-3-1/h1-5H,(H,10,11);5H,1-4H2. The van der Waals surface area contributed by atoms with Crippen LogP contribution in [0, 0.1) is 0 Å².